The Hall–Kier alpha value is -3.38. The average molecular weight is 404 g/mol. The number of rotatable bonds is 4. The number of sulfonamides is 1. The van der Waals surface area contributed by atoms with Crippen molar-refractivity contribution < 1.29 is 13.2 Å². The molecule has 0 saturated heterocycles. The van der Waals surface area contributed by atoms with Crippen LogP contribution in [0.4, 0.5) is 11.4 Å². The molecular weight excluding hydrogens is 384 g/mol. The molecule has 5 nitrogen and oxygen atoms in total. The molecule has 3 aromatic rings. The number of carbonyl (C=O) groups excluding carboxylic acids is 1. The predicted molar refractivity (Wildman–Crippen MR) is 115 cm³/mol. The van der Waals surface area contributed by atoms with E-state index in [4.69, 9.17) is 0 Å². The number of ketones is 1. The van der Waals surface area contributed by atoms with Crippen LogP contribution in [0.3, 0.4) is 0 Å². The topological polar surface area (TPSA) is 66.5 Å². The molecule has 0 fully saturated rings. The number of hydrogen-bond acceptors (Lipinski definition) is 4. The molecule has 29 heavy (non-hydrogen) atoms. The van der Waals surface area contributed by atoms with Gasteiger partial charge in [0.25, 0.3) is 10.0 Å². The molecule has 0 aromatic heterocycles. The Morgan fingerprint density at radius 2 is 1.55 bits per heavy atom. The van der Waals surface area contributed by atoms with Crippen molar-refractivity contribution in [2.75, 3.05) is 9.62 Å². The van der Waals surface area contributed by atoms with Crippen LogP contribution in [0.2, 0.25) is 0 Å². The summed E-state index contributed by atoms with van der Waals surface area (Å²) in [4.78, 5) is 12.7. The minimum Gasteiger partial charge on any atom is -0.360 e. The quantitative estimate of drug-likeness (QED) is 0.651. The Kier molecular flexibility index (Phi) is 4.94. The second-order valence-electron chi connectivity index (χ2n) is 6.86. The number of para-hydroxylation sites is 2. The summed E-state index contributed by atoms with van der Waals surface area (Å²) < 4.78 is 28.0. The van der Waals surface area contributed by atoms with Gasteiger partial charge in [0.05, 0.1) is 12.2 Å². The second kappa shape index (κ2) is 7.56. The van der Waals surface area contributed by atoms with Gasteiger partial charge in [0.1, 0.15) is 0 Å². The van der Waals surface area contributed by atoms with E-state index < -0.39 is 15.8 Å². The van der Waals surface area contributed by atoms with Crippen LogP contribution in [0.1, 0.15) is 21.5 Å². The first kappa shape index (κ1) is 19.0. The van der Waals surface area contributed by atoms with Gasteiger partial charge >= 0.3 is 0 Å². The fourth-order valence-electron chi connectivity index (χ4n) is 3.23. The van der Waals surface area contributed by atoms with Gasteiger partial charge in [0.2, 0.25) is 5.78 Å². The minimum atomic E-state index is -4.02. The summed E-state index contributed by atoms with van der Waals surface area (Å²) in [7, 11) is -4.02. The summed E-state index contributed by atoms with van der Waals surface area (Å²) in [5, 5.41) is 2.93. The lowest BCUT2D eigenvalue weighted by Crippen LogP contribution is -2.39. The van der Waals surface area contributed by atoms with Crippen molar-refractivity contribution in [2.45, 2.75) is 13.5 Å². The highest BCUT2D eigenvalue weighted by atomic mass is 32.2. The van der Waals surface area contributed by atoms with Crippen LogP contribution >= 0.6 is 0 Å². The normalized spacial score (nSPS) is 16.5. The average Bonchev–Trinajstić information content (AvgIpc) is 2.73. The van der Waals surface area contributed by atoms with Gasteiger partial charge in [0.15, 0.2) is 4.91 Å². The summed E-state index contributed by atoms with van der Waals surface area (Å²) in [6, 6.07) is 23.6. The van der Waals surface area contributed by atoms with Crippen molar-refractivity contribution in [3.8, 4) is 0 Å². The largest absolute Gasteiger partial charge is 0.360 e. The second-order valence-corrected chi connectivity index (χ2v) is 8.69. The van der Waals surface area contributed by atoms with E-state index in [1.165, 1.54) is 10.5 Å². The van der Waals surface area contributed by atoms with E-state index in [2.05, 4.69) is 5.32 Å². The van der Waals surface area contributed by atoms with E-state index in [9.17, 15) is 13.2 Å². The number of fused-ring (bicyclic) bond motifs is 1. The first-order chi connectivity index (χ1) is 14.0. The summed E-state index contributed by atoms with van der Waals surface area (Å²) >= 11 is 0. The van der Waals surface area contributed by atoms with Crippen LogP contribution < -0.4 is 9.62 Å². The van der Waals surface area contributed by atoms with Gasteiger partial charge in [-0.25, -0.2) is 8.42 Å². The Bertz CT molecular complexity index is 1180. The van der Waals surface area contributed by atoms with E-state index in [0.717, 1.165) is 11.1 Å². The minimum absolute atomic E-state index is 0.148. The lowest BCUT2D eigenvalue weighted by Gasteiger charge is -2.31. The fourth-order valence-corrected chi connectivity index (χ4v) is 4.76. The van der Waals surface area contributed by atoms with Gasteiger partial charge in [-0.05, 0) is 36.8 Å². The van der Waals surface area contributed by atoms with Crippen LogP contribution in [0.25, 0.3) is 0 Å². The van der Waals surface area contributed by atoms with Crippen LogP contribution in [0, 0.1) is 6.92 Å². The molecular formula is C23H20N2O3S. The van der Waals surface area contributed by atoms with Crippen LogP contribution in [-0.2, 0) is 16.6 Å². The third-order valence-corrected chi connectivity index (χ3v) is 6.56. The maximum absolute atomic E-state index is 13.4. The monoisotopic (exact) mass is 404 g/mol. The van der Waals surface area contributed by atoms with Crippen molar-refractivity contribution in [1.29, 1.82) is 0 Å². The van der Waals surface area contributed by atoms with E-state index in [1.807, 2.05) is 49.4 Å². The van der Waals surface area contributed by atoms with E-state index in [-0.39, 0.29) is 11.4 Å². The zero-order valence-corrected chi connectivity index (χ0v) is 16.7. The molecule has 1 aliphatic rings. The highest BCUT2D eigenvalue weighted by molar-refractivity contribution is 7.97. The van der Waals surface area contributed by atoms with E-state index in [1.54, 1.807) is 36.4 Å². The Morgan fingerprint density at radius 3 is 2.28 bits per heavy atom. The summed E-state index contributed by atoms with van der Waals surface area (Å²) in [5.74, 6) is -0.510. The Labute approximate surface area is 170 Å². The standard InChI is InChI=1S/C23H20N2O3S/c1-17-11-13-18(14-12-17)16-25-21-10-6-5-9-20(21)23(26)22(29(25,27)28)15-24-19-7-3-2-4-8-19/h2-15,24H,16H2,1H3/b22-15+. The maximum Gasteiger partial charge on any atom is 0.270 e. The first-order valence-corrected chi connectivity index (χ1v) is 10.6. The molecule has 4 rings (SSSR count). The first-order valence-electron chi connectivity index (χ1n) is 9.20. The molecule has 0 saturated carbocycles. The molecule has 0 radical (unpaired) electrons. The van der Waals surface area contributed by atoms with E-state index >= 15 is 0 Å². The zero-order chi connectivity index (χ0) is 20.4. The van der Waals surface area contributed by atoms with Gasteiger partial charge in [-0.1, -0.05) is 60.2 Å². The van der Waals surface area contributed by atoms with Crippen LogP contribution in [0.5, 0.6) is 0 Å². The number of anilines is 2. The number of aryl methyl sites for hydroxylation is 1. The molecule has 0 atom stereocenters. The molecule has 0 spiro atoms. The van der Waals surface area contributed by atoms with Crippen LogP contribution in [-0.4, -0.2) is 14.2 Å². The molecule has 1 heterocycles. The maximum atomic E-state index is 13.4. The van der Waals surface area contributed by atoms with E-state index in [0.29, 0.717) is 16.9 Å². The summed E-state index contributed by atoms with van der Waals surface area (Å²) in [6.45, 7) is 2.13. The van der Waals surface area contributed by atoms with Gasteiger partial charge in [-0.15, -0.1) is 0 Å². The van der Waals surface area contributed by atoms with Crippen molar-refractivity contribution in [3.05, 3.63) is 107 Å². The molecule has 146 valence electrons. The van der Waals surface area contributed by atoms with Crippen molar-refractivity contribution in [2.24, 2.45) is 0 Å². The number of nitrogens with one attached hydrogen (secondary N) is 1. The zero-order valence-electron chi connectivity index (χ0n) is 15.9. The lowest BCUT2D eigenvalue weighted by molar-refractivity contribution is 0.104. The third-order valence-electron chi connectivity index (χ3n) is 4.80. The molecule has 0 aliphatic carbocycles. The van der Waals surface area contributed by atoms with Crippen LogP contribution in [0.15, 0.2) is 90.0 Å². The van der Waals surface area contributed by atoms with Crippen molar-refractivity contribution >= 4 is 27.2 Å². The number of benzene rings is 3. The number of allylic oxidation sites excluding steroid dienone is 1. The molecule has 0 bridgehead atoms. The molecule has 0 unspecified atom stereocenters. The number of carbonyl (C=O) groups is 1. The molecule has 0 amide bonds. The van der Waals surface area contributed by atoms with Gasteiger partial charge in [0, 0.05) is 17.5 Å². The highest BCUT2D eigenvalue weighted by Crippen LogP contribution is 2.36. The Balaban J connectivity index is 1.78. The third kappa shape index (κ3) is 3.67. The van der Waals surface area contributed by atoms with Crippen molar-refractivity contribution in [3.63, 3.8) is 0 Å². The number of hydrogen-bond donors (Lipinski definition) is 1. The highest BCUT2D eigenvalue weighted by Gasteiger charge is 2.39. The summed E-state index contributed by atoms with van der Waals surface area (Å²) in [5.41, 5.74) is 3.41. The lowest BCUT2D eigenvalue weighted by atomic mass is 10.1. The van der Waals surface area contributed by atoms with Gasteiger partial charge in [-0.3, -0.25) is 9.10 Å². The number of nitrogens with zero attached hydrogens (tertiary/aromatic N) is 1. The molecule has 6 heteroatoms. The molecule has 1 aliphatic heterocycles. The predicted octanol–water partition coefficient (Wildman–Crippen LogP) is 4.48. The van der Waals surface area contributed by atoms with Gasteiger partial charge in [-0.2, -0.15) is 0 Å². The Morgan fingerprint density at radius 1 is 0.897 bits per heavy atom. The molecule has 3 aromatic carbocycles. The van der Waals surface area contributed by atoms with Gasteiger partial charge < -0.3 is 5.32 Å². The molecule has 1 N–H and O–H groups in total. The SMILES string of the molecule is Cc1ccc(CN2c3ccccc3C(=O)/C(=C\Nc3ccccc3)S2(=O)=O)cc1. The fraction of sp³-hybridized carbons (Fsp3) is 0.0870. The number of Topliss-reactive ketones (excluding diaryl/α,β-unsaturated/α-hetero) is 1. The summed E-state index contributed by atoms with van der Waals surface area (Å²) in [6.07, 6.45) is 1.28. The smallest absolute Gasteiger partial charge is 0.270 e. The van der Waals surface area contributed by atoms with Crippen molar-refractivity contribution in [1.82, 2.24) is 0 Å².